The molecule has 6 nitrogen and oxygen atoms in total. The summed E-state index contributed by atoms with van der Waals surface area (Å²) in [5, 5.41) is 1.21. The van der Waals surface area contributed by atoms with E-state index in [2.05, 4.69) is 4.90 Å². The number of hydrogen-bond donors (Lipinski definition) is 0. The highest BCUT2D eigenvalue weighted by atomic mass is 35.5. The van der Waals surface area contributed by atoms with E-state index in [0.29, 0.717) is 48.1 Å². The maximum atomic E-state index is 13.4. The molecule has 0 unspecified atom stereocenters. The summed E-state index contributed by atoms with van der Waals surface area (Å²) in [6.07, 6.45) is 0.795. The number of halogens is 1. The van der Waals surface area contributed by atoms with Gasteiger partial charge in [0.1, 0.15) is 23.8 Å². The van der Waals surface area contributed by atoms with Gasteiger partial charge in [-0.05, 0) is 56.2 Å². The smallest absolute Gasteiger partial charge is 0.235 e. The average Bonchev–Trinajstić information content (AvgIpc) is 2.87. The number of fused-ring (bicyclic) bond motifs is 3. The van der Waals surface area contributed by atoms with Crippen molar-refractivity contribution in [2.24, 2.45) is 0 Å². The maximum absolute atomic E-state index is 13.4. The van der Waals surface area contributed by atoms with E-state index in [1.165, 1.54) is 0 Å². The van der Waals surface area contributed by atoms with Gasteiger partial charge in [-0.3, -0.25) is 9.69 Å². The highest BCUT2D eigenvalue weighted by Crippen LogP contribution is 2.36. The van der Waals surface area contributed by atoms with Crippen LogP contribution in [0.15, 0.2) is 69.9 Å². The second kappa shape index (κ2) is 10.0. The quantitative estimate of drug-likeness (QED) is 0.300. The van der Waals surface area contributed by atoms with Crippen LogP contribution in [0.3, 0.4) is 0 Å². The van der Waals surface area contributed by atoms with E-state index in [1.54, 1.807) is 19.1 Å². The number of nitrogens with zero attached hydrogens (tertiary/aromatic N) is 1. The van der Waals surface area contributed by atoms with Crippen molar-refractivity contribution in [3.05, 3.63) is 92.8 Å². The van der Waals surface area contributed by atoms with Gasteiger partial charge >= 0.3 is 0 Å². The van der Waals surface area contributed by atoms with E-state index in [1.807, 2.05) is 55.5 Å². The summed E-state index contributed by atoms with van der Waals surface area (Å²) >= 11 is 6.32. The van der Waals surface area contributed by atoms with Gasteiger partial charge in [0.2, 0.25) is 11.2 Å². The molecule has 0 bridgehead atoms. The SMILES string of the molecule is CCOc1ccccc1Oc1c(C)oc2c3c(ccc2c1=O)OCN(CCc1ccccc1Cl)C3. The van der Waals surface area contributed by atoms with Crippen molar-refractivity contribution in [1.82, 2.24) is 4.90 Å². The van der Waals surface area contributed by atoms with Crippen LogP contribution in [0.5, 0.6) is 23.0 Å². The van der Waals surface area contributed by atoms with E-state index >= 15 is 0 Å². The van der Waals surface area contributed by atoms with E-state index in [9.17, 15) is 4.79 Å². The molecule has 0 N–H and O–H groups in total. The van der Waals surface area contributed by atoms with Crippen molar-refractivity contribution in [3.8, 4) is 23.0 Å². The van der Waals surface area contributed by atoms with Gasteiger partial charge in [-0.1, -0.05) is 41.9 Å². The Labute approximate surface area is 208 Å². The molecule has 0 saturated heterocycles. The molecule has 0 spiro atoms. The lowest BCUT2D eigenvalue weighted by atomic mass is 10.1. The van der Waals surface area contributed by atoms with Crippen LogP contribution in [0.4, 0.5) is 0 Å². The first kappa shape index (κ1) is 23.3. The number of hydrogen-bond acceptors (Lipinski definition) is 6. The number of para-hydroxylation sites is 2. The molecule has 0 atom stereocenters. The third-order valence-corrected chi connectivity index (χ3v) is 6.41. The van der Waals surface area contributed by atoms with Crippen LogP contribution in [0.25, 0.3) is 11.0 Å². The molecule has 3 aromatic carbocycles. The first-order valence-corrected chi connectivity index (χ1v) is 12.0. The van der Waals surface area contributed by atoms with Crippen LogP contribution in [0.1, 0.15) is 23.8 Å². The predicted octanol–water partition coefficient (Wildman–Crippen LogP) is 6.34. The van der Waals surface area contributed by atoms with Gasteiger partial charge in [-0.2, -0.15) is 0 Å². The standard InChI is InChI=1S/C28H26ClNO5/c1-3-32-24-10-6-7-11-25(24)35-27-18(2)34-28-20(26(27)31)12-13-23-21(28)16-30(17-33-23)15-14-19-8-4-5-9-22(19)29/h4-13H,3,14-17H2,1-2H3. The van der Waals surface area contributed by atoms with Gasteiger partial charge in [-0.15, -0.1) is 0 Å². The van der Waals surface area contributed by atoms with Crippen LogP contribution < -0.4 is 19.6 Å². The van der Waals surface area contributed by atoms with Gasteiger partial charge in [0.25, 0.3) is 0 Å². The normalized spacial score (nSPS) is 13.3. The molecule has 4 aromatic rings. The first-order valence-electron chi connectivity index (χ1n) is 11.6. The largest absolute Gasteiger partial charge is 0.490 e. The Bertz CT molecular complexity index is 1430. The van der Waals surface area contributed by atoms with Gasteiger partial charge in [0, 0.05) is 18.1 Å². The monoisotopic (exact) mass is 491 g/mol. The van der Waals surface area contributed by atoms with Crippen molar-refractivity contribution >= 4 is 22.6 Å². The van der Waals surface area contributed by atoms with Crippen LogP contribution in [0.2, 0.25) is 5.02 Å². The summed E-state index contributed by atoms with van der Waals surface area (Å²) in [6.45, 7) is 5.95. The molecule has 0 fully saturated rings. The Morgan fingerprint density at radius 1 is 1.03 bits per heavy atom. The third-order valence-electron chi connectivity index (χ3n) is 6.04. The summed E-state index contributed by atoms with van der Waals surface area (Å²) in [4.78, 5) is 15.6. The summed E-state index contributed by atoms with van der Waals surface area (Å²) < 4.78 is 23.8. The molecular formula is C28H26ClNO5. The van der Waals surface area contributed by atoms with Crippen LogP contribution >= 0.6 is 11.6 Å². The van der Waals surface area contributed by atoms with Gasteiger partial charge in [0.15, 0.2) is 11.5 Å². The zero-order valence-corrected chi connectivity index (χ0v) is 20.4. The molecule has 1 aliphatic heterocycles. The minimum Gasteiger partial charge on any atom is -0.490 e. The number of benzene rings is 3. The molecule has 0 aliphatic carbocycles. The lowest BCUT2D eigenvalue weighted by Crippen LogP contribution is -2.33. The van der Waals surface area contributed by atoms with Gasteiger partial charge in [0.05, 0.1) is 17.6 Å². The minimum absolute atomic E-state index is 0.150. The Morgan fingerprint density at radius 2 is 1.80 bits per heavy atom. The van der Waals surface area contributed by atoms with Crippen LogP contribution in [-0.2, 0) is 13.0 Å². The molecular weight excluding hydrogens is 466 g/mol. The molecule has 0 radical (unpaired) electrons. The van der Waals surface area contributed by atoms with Crippen molar-refractivity contribution in [3.63, 3.8) is 0 Å². The fourth-order valence-corrected chi connectivity index (χ4v) is 4.49. The molecule has 2 heterocycles. The summed E-state index contributed by atoms with van der Waals surface area (Å²) in [6, 6.07) is 18.7. The van der Waals surface area contributed by atoms with Gasteiger partial charge in [-0.25, -0.2) is 0 Å². The average molecular weight is 492 g/mol. The zero-order valence-electron chi connectivity index (χ0n) is 19.7. The lowest BCUT2D eigenvalue weighted by molar-refractivity contribution is 0.0968. The Morgan fingerprint density at radius 3 is 2.60 bits per heavy atom. The fourth-order valence-electron chi connectivity index (χ4n) is 4.26. The first-order chi connectivity index (χ1) is 17.0. The zero-order chi connectivity index (χ0) is 24.4. The topological polar surface area (TPSA) is 61.1 Å². The highest BCUT2D eigenvalue weighted by Gasteiger charge is 2.24. The lowest BCUT2D eigenvalue weighted by Gasteiger charge is -2.29. The van der Waals surface area contributed by atoms with E-state index < -0.39 is 0 Å². The highest BCUT2D eigenvalue weighted by molar-refractivity contribution is 6.31. The number of aryl methyl sites for hydroxylation is 1. The Balaban J connectivity index is 1.44. The summed E-state index contributed by atoms with van der Waals surface area (Å²) in [7, 11) is 0. The third kappa shape index (κ3) is 4.72. The predicted molar refractivity (Wildman–Crippen MR) is 136 cm³/mol. The van der Waals surface area contributed by atoms with Crippen molar-refractivity contribution < 1.29 is 18.6 Å². The minimum atomic E-state index is -0.231. The summed E-state index contributed by atoms with van der Waals surface area (Å²) in [5.74, 6) is 2.31. The Kier molecular flexibility index (Phi) is 6.66. The molecule has 0 amide bonds. The number of ether oxygens (including phenoxy) is 3. The van der Waals surface area contributed by atoms with Crippen molar-refractivity contribution in [2.75, 3.05) is 19.9 Å². The molecule has 180 valence electrons. The fraction of sp³-hybridized carbons (Fsp3) is 0.250. The van der Waals surface area contributed by atoms with Gasteiger partial charge < -0.3 is 18.6 Å². The molecule has 35 heavy (non-hydrogen) atoms. The maximum Gasteiger partial charge on any atom is 0.235 e. The second-order valence-electron chi connectivity index (χ2n) is 8.38. The van der Waals surface area contributed by atoms with E-state index in [0.717, 1.165) is 34.9 Å². The molecule has 7 heteroatoms. The van der Waals surface area contributed by atoms with Crippen LogP contribution in [0, 0.1) is 6.92 Å². The molecule has 1 aromatic heterocycles. The number of rotatable bonds is 7. The molecule has 1 aliphatic rings. The second-order valence-corrected chi connectivity index (χ2v) is 8.79. The van der Waals surface area contributed by atoms with E-state index in [4.69, 9.17) is 30.2 Å². The van der Waals surface area contributed by atoms with Crippen LogP contribution in [-0.4, -0.2) is 24.8 Å². The molecule has 0 saturated carbocycles. The molecule has 5 rings (SSSR count). The van der Waals surface area contributed by atoms with Crippen molar-refractivity contribution in [1.29, 1.82) is 0 Å². The van der Waals surface area contributed by atoms with E-state index in [-0.39, 0.29) is 11.2 Å². The Hall–Kier alpha value is -3.48. The van der Waals surface area contributed by atoms with Crippen molar-refractivity contribution in [2.45, 2.75) is 26.8 Å². The summed E-state index contributed by atoms with van der Waals surface area (Å²) in [5.41, 5.74) is 2.24.